The molecule has 0 spiro atoms. The van der Waals surface area contributed by atoms with E-state index in [4.69, 9.17) is 0 Å². The van der Waals surface area contributed by atoms with E-state index in [1.807, 2.05) is 21.0 Å². The SMILES string of the molecule is CNC1C(=O)N(C)c2c(C)cc(C)cc21. The molecular weight excluding hydrogens is 188 g/mol. The molecule has 1 N–H and O–H groups in total. The second-order valence-corrected chi connectivity index (χ2v) is 4.14. The molecule has 2 rings (SSSR count). The molecule has 3 heteroatoms. The number of aryl methyl sites for hydroxylation is 2. The molecule has 0 fully saturated rings. The van der Waals surface area contributed by atoms with Crippen LogP contribution in [0.1, 0.15) is 22.7 Å². The van der Waals surface area contributed by atoms with E-state index in [-0.39, 0.29) is 11.9 Å². The van der Waals surface area contributed by atoms with Gasteiger partial charge in [0, 0.05) is 12.6 Å². The van der Waals surface area contributed by atoms with E-state index in [1.165, 1.54) is 11.1 Å². The van der Waals surface area contributed by atoms with Crippen LogP contribution in [0, 0.1) is 13.8 Å². The van der Waals surface area contributed by atoms with Gasteiger partial charge < -0.3 is 10.2 Å². The number of carbonyl (C=O) groups excluding carboxylic acids is 1. The van der Waals surface area contributed by atoms with Gasteiger partial charge in [0.05, 0.1) is 5.69 Å². The lowest BCUT2D eigenvalue weighted by Gasteiger charge is -2.13. The molecule has 1 atom stereocenters. The van der Waals surface area contributed by atoms with Crippen molar-refractivity contribution in [2.75, 3.05) is 19.0 Å². The number of fused-ring (bicyclic) bond motifs is 1. The van der Waals surface area contributed by atoms with E-state index in [0.29, 0.717) is 0 Å². The van der Waals surface area contributed by atoms with Gasteiger partial charge in [-0.05, 0) is 26.5 Å². The predicted molar refractivity (Wildman–Crippen MR) is 61.1 cm³/mol. The summed E-state index contributed by atoms with van der Waals surface area (Å²) in [6.07, 6.45) is 0. The predicted octanol–water partition coefficient (Wildman–Crippen LogP) is 1.54. The zero-order valence-corrected chi connectivity index (χ0v) is 9.59. The molecule has 1 heterocycles. The Morgan fingerprint density at radius 2 is 2.00 bits per heavy atom. The second-order valence-electron chi connectivity index (χ2n) is 4.14. The zero-order valence-electron chi connectivity index (χ0n) is 9.59. The molecule has 15 heavy (non-hydrogen) atoms. The maximum Gasteiger partial charge on any atom is 0.248 e. The first-order valence-corrected chi connectivity index (χ1v) is 5.12. The minimum Gasteiger partial charge on any atom is -0.313 e. The van der Waals surface area contributed by atoms with Gasteiger partial charge in [-0.15, -0.1) is 0 Å². The summed E-state index contributed by atoms with van der Waals surface area (Å²) in [6, 6.07) is 4.02. The molecule has 1 aliphatic rings. The van der Waals surface area contributed by atoms with Gasteiger partial charge in [-0.25, -0.2) is 0 Å². The summed E-state index contributed by atoms with van der Waals surface area (Å²) in [5, 5.41) is 3.06. The van der Waals surface area contributed by atoms with Crippen LogP contribution in [0.2, 0.25) is 0 Å². The highest BCUT2D eigenvalue weighted by Gasteiger charge is 2.35. The lowest BCUT2D eigenvalue weighted by Crippen LogP contribution is -2.30. The molecule has 1 aromatic rings. The standard InChI is InChI=1S/C12H16N2O/c1-7-5-8(2)11-9(6-7)10(13-3)12(15)14(11)4/h5-6,10,13H,1-4H3. The molecule has 0 saturated heterocycles. The maximum atomic E-state index is 11.9. The van der Waals surface area contributed by atoms with E-state index in [1.54, 1.807) is 4.90 Å². The van der Waals surface area contributed by atoms with E-state index in [2.05, 4.69) is 24.4 Å². The normalized spacial score (nSPS) is 19.6. The third-order valence-electron chi connectivity index (χ3n) is 2.99. The van der Waals surface area contributed by atoms with Crippen molar-refractivity contribution in [3.05, 3.63) is 28.8 Å². The van der Waals surface area contributed by atoms with Gasteiger partial charge in [-0.3, -0.25) is 4.79 Å². The van der Waals surface area contributed by atoms with Crippen LogP contribution in [0.25, 0.3) is 0 Å². The molecule has 1 amide bonds. The van der Waals surface area contributed by atoms with Crippen LogP contribution >= 0.6 is 0 Å². The van der Waals surface area contributed by atoms with Crippen molar-refractivity contribution >= 4 is 11.6 Å². The van der Waals surface area contributed by atoms with Crippen LogP contribution in [-0.2, 0) is 4.79 Å². The van der Waals surface area contributed by atoms with Crippen LogP contribution in [0.15, 0.2) is 12.1 Å². The molecule has 80 valence electrons. The third-order valence-corrected chi connectivity index (χ3v) is 2.99. The average molecular weight is 204 g/mol. The van der Waals surface area contributed by atoms with E-state index >= 15 is 0 Å². The molecule has 3 nitrogen and oxygen atoms in total. The van der Waals surface area contributed by atoms with Gasteiger partial charge in [-0.2, -0.15) is 0 Å². The number of hydrogen-bond acceptors (Lipinski definition) is 2. The Morgan fingerprint density at radius 3 is 2.60 bits per heavy atom. The topological polar surface area (TPSA) is 32.3 Å². The van der Waals surface area contributed by atoms with Crippen molar-refractivity contribution < 1.29 is 4.79 Å². The Bertz CT molecular complexity index is 426. The van der Waals surface area contributed by atoms with Crippen molar-refractivity contribution in [2.24, 2.45) is 0 Å². The Hall–Kier alpha value is -1.35. The monoisotopic (exact) mass is 204 g/mol. The number of amides is 1. The largest absolute Gasteiger partial charge is 0.313 e. The Kier molecular flexibility index (Phi) is 2.27. The molecule has 0 aliphatic carbocycles. The summed E-state index contributed by atoms with van der Waals surface area (Å²) < 4.78 is 0. The molecule has 1 aromatic carbocycles. The van der Waals surface area contributed by atoms with Crippen molar-refractivity contribution in [3.8, 4) is 0 Å². The summed E-state index contributed by atoms with van der Waals surface area (Å²) in [4.78, 5) is 13.7. The fourth-order valence-corrected chi connectivity index (χ4v) is 2.39. The second kappa shape index (κ2) is 3.35. The number of nitrogens with zero attached hydrogens (tertiary/aromatic N) is 1. The van der Waals surface area contributed by atoms with Crippen molar-refractivity contribution in [3.63, 3.8) is 0 Å². The highest BCUT2D eigenvalue weighted by Crippen LogP contribution is 2.37. The lowest BCUT2D eigenvalue weighted by atomic mass is 10.0. The molecule has 0 aromatic heterocycles. The summed E-state index contributed by atoms with van der Waals surface area (Å²) in [5.74, 6) is 0.126. The van der Waals surface area contributed by atoms with Crippen molar-refractivity contribution in [1.82, 2.24) is 5.32 Å². The summed E-state index contributed by atoms with van der Waals surface area (Å²) >= 11 is 0. The first-order valence-electron chi connectivity index (χ1n) is 5.12. The quantitative estimate of drug-likeness (QED) is 0.752. The number of carbonyl (C=O) groups is 1. The fourth-order valence-electron chi connectivity index (χ4n) is 2.39. The van der Waals surface area contributed by atoms with Gasteiger partial charge in [0.1, 0.15) is 6.04 Å². The first kappa shape index (κ1) is 10.2. The van der Waals surface area contributed by atoms with Gasteiger partial charge in [0.15, 0.2) is 0 Å². The van der Waals surface area contributed by atoms with Gasteiger partial charge in [0.2, 0.25) is 5.91 Å². The van der Waals surface area contributed by atoms with E-state index in [0.717, 1.165) is 11.3 Å². The number of nitrogens with one attached hydrogen (secondary N) is 1. The van der Waals surface area contributed by atoms with Crippen LogP contribution in [0.4, 0.5) is 5.69 Å². The molecule has 1 unspecified atom stereocenters. The van der Waals surface area contributed by atoms with Gasteiger partial charge >= 0.3 is 0 Å². The van der Waals surface area contributed by atoms with E-state index in [9.17, 15) is 4.79 Å². The minimum atomic E-state index is -0.177. The minimum absolute atomic E-state index is 0.126. The number of anilines is 1. The fraction of sp³-hybridized carbons (Fsp3) is 0.417. The first-order chi connectivity index (χ1) is 7.06. The molecule has 0 radical (unpaired) electrons. The highest BCUT2D eigenvalue weighted by atomic mass is 16.2. The van der Waals surface area contributed by atoms with Crippen LogP contribution in [0.3, 0.4) is 0 Å². The molecule has 0 bridgehead atoms. The van der Waals surface area contributed by atoms with Gasteiger partial charge in [0.25, 0.3) is 0 Å². The molecule has 0 saturated carbocycles. The van der Waals surface area contributed by atoms with Crippen LogP contribution < -0.4 is 10.2 Å². The van der Waals surface area contributed by atoms with E-state index < -0.39 is 0 Å². The number of likely N-dealkylation sites (N-methyl/N-ethyl adjacent to an activating group) is 2. The third kappa shape index (κ3) is 1.35. The summed E-state index contributed by atoms with van der Waals surface area (Å²) in [7, 11) is 3.66. The maximum absolute atomic E-state index is 11.9. The summed E-state index contributed by atoms with van der Waals surface area (Å²) in [6.45, 7) is 4.11. The highest BCUT2D eigenvalue weighted by molar-refractivity contribution is 6.05. The number of hydrogen-bond donors (Lipinski definition) is 1. The zero-order chi connectivity index (χ0) is 11.2. The van der Waals surface area contributed by atoms with Crippen LogP contribution in [0.5, 0.6) is 0 Å². The summed E-state index contributed by atoms with van der Waals surface area (Å²) in [5.41, 5.74) is 4.53. The average Bonchev–Trinajstić information content (AvgIpc) is 2.39. The van der Waals surface area contributed by atoms with Crippen molar-refractivity contribution in [2.45, 2.75) is 19.9 Å². The Labute approximate surface area is 90.1 Å². The number of rotatable bonds is 1. The van der Waals surface area contributed by atoms with Crippen molar-refractivity contribution in [1.29, 1.82) is 0 Å². The molecule has 1 aliphatic heterocycles. The smallest absolute Gasteiger partial charge is 0.248 e. The van der Waals surface area contributed by atoms with Gasteiger partial charge in [-0.1, -0.05) is 17.7 Å². The lowest BCUT2D eigenvalue weighted by molar-refractivity contribution is -0.119. The Balaban J connectivity index is 2.65. The number of benzene rings is 1. The van der Waals surface area contributed by atoms with Crippen LogP contribution in [-0.4, -0.2) is 20.0 Å². The molecular formula is C12H16N2O. The Morgan fingerprint density at radius 1 is 1.33 bits per heavy atom.